The highest BCUT2D eigenvalue weighted by molar-refractivity contribution is 6.43. The molecule has 0 fully saturated rings. The number of esters is 1. The molecule has 0 atom stereocenters. The predicted octanol–water partition coefficient (Wildman–Crippen LogP) is 1.13. The molecule has 0 aromatic heterocycles. The van der Waals surface area contributed by atoms with Gasteiger partial charge in [-0.3, -0.25) is 0 Å². The Hall–Kier alpha value is -2.04. The van der Waals surface area contributed by atoms with Gasteiger partial charge in [0, 0.05) is 0 Å². The van der Waals surface area contributed by atoms with Crippen LogP contribution in [0.3, 0.4) is 0 Å². The molecule has 0 aliphatic heterocycles. The maximum absolute atomic E-state index is 11.3. The van der Waals surface area contributed by atoms with Gasteiger partial charge in [-0.15, -0.1) is 0 Å². The number of ether oxygens (including phenoxy) is 1. The van der Waals surface area contributed by atoms with Crippen LogP contribution in [0.2, 0.25) is 0 Å². The van der Waals surface area contributed by atoms with Crippen molar-refractivity contribution in [2.45, 2.75) is 6.92 Å². The molecule has 0 spiro atoms. The Balaban J connectivity index is 3.04. The molecule has 5 nitrogen and oxygen atoms in total. The summed E-state index contributed by atoms with van der Waals surface area (Å²) >= 11 is 0. The molecule has 0 bridgehead atoms. The minimum atomic E-state index is -0.776. The molecule has 80 valence electrons. The maximum atomic E-state index is 11.3. The number of aromatic hydroxyl groups is 1. The number of hydrogen-bond acceptors (Lipinski definition) is 5. The maximum Gasteiger partial charge on any atom is 0.361 e. The van der Waals surface area contributed by atoms with Crippen LogP contribution in [0.5, 0.6) is 5.75 Å². The first-order valence-electron chi connectivity index (χ1n) is 4.38. The zero-order chi connectivity index (χ0) is 11.3. The van der Waals surface area contributed by atoms with Gasteiger partial charge in [-0.25, -0.2) is 4.79 Å². The third kappa shape index (κ3) is 2.46. The standard InChI is InChI=1S/C10H11NO4/c1-2-15-10(13)9(11-14)7-5-3-4-6-8(7)12/h3-6,12,14H,2H2,1H3/b11-9-. The number of carbonyl (C=O) groups excluding carboxylic acids is 1. The van der Waals surface area contributed by atoms with Crippen molar-refractivity contribution in [3.63, 3.8) is 0 Å². The number of hydrogen-bond donors (Lipinski definition) is 2. The molecule has 1 rings (SSSR count). The van der Waals surface area contributed by atoms with Crippen molar-refractivity contribution < 1.29 is 19.8 Å². The summed E-state index contributed by atoms with van der Waals surface area (Å²) in [6.45, 7) is 1.81. The first kappa shape index (κ1) is 11.0. The van der Waals surface area contributed by atoms with Gasteiger partial charge in [-0.1, -0.05) is 17.3 Å². The fourth-order valence-corrected chi connectivity index (χ4v) is 1.08. The molecule has 0 saturated heterocycles. The minimum absolute atomic E-state index is 0.137. The highest BCUT2D eigenvalue weighted by Gasteiger charge is 2.18. The normalized spacial score (nSPS) is 11.1. The minimum Gasteiger partial charge on any atom is -0.507 e. The largest absolute Gasteiger partial charge is 0.507 e. The van der Waals surface area contributed by atoms with Gasteiger partial charge < -0.3 is 15.1 Å². The smallest absolute Gasteiger partial charge is 0.361 e. The monoisotopic (exact) mass is 209 g/mol. The van der Waals surface area contributed by atoms with E-state index in [4.69, 9.17) is 5.21 Å². The van der Waals surface area contributed by atoms with E-state index >= 15 is 0 Å². The van der Waals surface area contributed by atoms with E-state index in [1.54, 1.807) is 19.1 Å². The molecule has 1 aromatic rings. The van der Waals surface area contributed by atoms with Gasteiger partial charge in [0.25, 0.3) is 0 Å². The van der Waals surface area contributed by atoms with Crippen molar-refractivity contribution in [3.05, 3.63) is 29.8 Å². The number of benzene rings is 1. The Morgan fingerprint density at radius 2 is 2.13 bits per heavy atom. The highest BCUT2D eigenvalue weighted by atomic mass is 16.5. The molecule has 5 heteroatoms. The second kappa shape index (κ2) is 4.99. The highest BCUT2D eigenvalue weighted by Crippen LogP contribution is 2.17. The molecule has 0 radical (unpaired) electrons. The molecular formula is C10H11NO4. The van der Waals surface area contributed by atoms with Crippen LogP contribution < -0.4 is 0 Å². The van der Waals surface area contributed by atoms with Gasteiger partial charge in [0.05, 0.1) is 12.2 Å². The molecule has 0 aliphatic carbocycles. The summed E-state index contributed by atoms with van der Waals surface area (Å²) in [6.07, 6.45) is 0. The number of para-hydroxylation sites is 1. The lowest BCUT2D eigenvalue weighted by molar-refractivity contribution is -0.135. The summed E-state index contributed by atoms with van der Waals surface area (Å²) in [7, 11) is 0. The zero-order valence-electron chi connectivity index (χ0n) is 8.17. The number of carbonyl (C=O) groups is 1. The SMILES string of the molecule is CCOC(=O)/C(=N\O)c1ccccc1O. The van der Waals surface area contributed by atoms with Crippen LogP contribution in [0.4, 0.5) is 0 Å². The molecule has 15 heavy (non-hydrogen) atoms. The fourth-order valence-electron chi connectivity index (χ4n) is 1.08. The van der Waals surface area contributed by atoms with Crippen molar-refractivity contribution >= 4 is 11.7 Å². The topological polar surface area (TPSA) is 79.1 Å². The zero-order valence-corrected chi connectivity index (χ0v) is 8.17. The van der Waals surface area contributed by atoms with Crippen molar-refractivity contribution in [2.75, 3.05) is 6.61 Å². The number of phenolic OH excluding ortho intramolecular Hbond substituents is 1. The summed E-state index contributed by atoms with van der Waals surface area (Å²) in [5, 5.41) is 20.9. The van der Waals surface area contributed by atoms with E-state index in [-0.39, 0.29) is 23.6 Å². The summed E-state index contributed by atoms with van der Waals surface area (Å²) in [4.78, 5) is 11.3. The summed E-state index contributed by atoms with van der Waals surface area (Å²) < 4.78 is 4.66. The van der Waals surface area contributed by atoms with E-state index in [2.05, 4.69) is 9.89 Å². The van der Waals surface area contributed by atoms with Crippen molar-refractivity contribution in [2.24, 2.45) is 5.16 Å². The van der Waals surface area contributed by atoms with E-state index in [9.17, 15) is 9.90 Å². The van der Waals surface area contributed by atoms with Gasteiger partial charge in [-0.2, -0.15) is 0 Å². The van der Waals surface area contributed by atoms with E-state index in [1.165, 1.54) is 12.1 Å². The Morgan fingerprint density at radius 1 is 1.47 bits per heavy atom. The van der Waals surface area contributed by atoms with Gasteiger partial charge in [0.15, 0.2) is 5.71 Å². The van der Waals surface area contributed by atoms with Crippen LogP contribution in [0, 0.1) is 0 Å². The van der Waals surface area contributed by atoms with Gasteiger partial charge in [-0.05, 0) is 19.1 Å². The lowest BCUT2D eigenvalue weighted by Crippen LogP contribution is -2.18. The van der Waals surface area contributed by atoms with Gasteiger partial charge >= 0.3 is 5.97 Å². The van der Waals surface area contributed by atoms with Crippen molar-refractivity contribution in [1.29, 1.82) is 0 Å². The van der Waals surface area contributed by atoms with Crippen LogP contribution in [-0.4, -0.2) is 28.6 Å². The van der Waals surface area contributed by atoms with Crippen molar-refractivity contribution in [3.8, 4) is 5.75 Å². The Kier molecular flexibility index (Phi) is 3.68. The lowest BCUT2D eigenvalue weighted by Gasteiger charge is -2.05. The van der Waals surface area contributed by atoms with E-state index in [0.717, 1.165) is 0 Å². The second-order valence-corrected chi connectivity index (χ2v) is 2.69. The van der Waals surface area contributed by atoms with Crippen LogP contribution in [0.15, 0.2) is 29.4 Å². The Bertz CT molecular complexity index is 387. The van der Waals surface area contributed by atoms with Gasteiger partial charge in [0.1, 0.15) is 5.75 Å². The Morgan fingerprint density at radius 3 is 2.67 bits per heavy atom. The van der Waals surface area contributed by atoms with E-state index in [1.807, 2.05) is 0 Å². The lowest BCUT2D eigenvalue weighted by atomic mass is 10.1. The Labute approximate surface area is 86.6 Å². The molecule has 0 aliphatic rings. The van der Waals surface area contributed by atoms with E-state index in [0.29, 0.717) is 0 Å². The summed E-state index contributed by atoms with van der Waals surface area (Å²) in [5.74, 6) is -0.917. The van der Waals surface area contributed by atoms with Crippen molar-refractivity contribution in [1.82, 2.24) is 0 Å². The molecule has 0 unspecified atom stereocenters. The first-order chi connectivity index (χ1) is 7.20. The van der Waals surface area contributed by atoms with Crippen LogP contribution >= 0.6 is 0 Å². The number of nitrogens with zero attached hydrogens (tertiary/aromatic N) is 1. The molecule has 0 heterocycles. The fraction of sp³-hybridized carbons (Fsp3) is 0.200. The van der Waals surface area contributed by atoms with Crippen LogP contribution in [-0.2, 0) is 9.53 Å². The first-order valence-corrected chi connectivity index (χ1v) is 4.38. The van der Waals surface area contributed by atoms with Crippen LogP contribution in [0.25, 0.3) is 0 Å². The molecule has 2 N–H and O–H groups in total. The second-order valence-electron chi connectivity index (χ2n) is 2.69. The van der Waals surface area contributed by atoms with Crippen LogP contribution in [0.1, 0.15) is 12.5 Å². The average molecular weight is 209 g/mol. The molecule has 0 saturated carbocycles. The molecule has 1 aromatic carbocycles. The average Bonchev–Trinajstić information content (AvgIpc) is 2.22. The van der Waals surface area contributed by atoms with E-state index < -0.39 is 5.97 Å². The summed E-state index contributed by atoms with van der Waals surface area (Å²) in [6, 6.07) is 6.06. The molecule has 0 amide bonds. The van der Waals surface area contributed by atoms with Gasteiger partial charge in [0.2, 0.25) is 0 Å². The number of phenols is 1. The number of oxime groups is 1. The summed E-state index contributed by atoms with van der Waals surface area (Å²) in [5.41, 5.74) is -0.173. The number of rotatable bonds is 3. The third-order valence-electron chi connectivity index (χ3n) is 1.73. The third-order valence-corrected chi connectivity index (χ3v) is 1.73. The quantitative estimate of drug-likeness (QED) is 0.338. The molecular weight excluding hydrogens is 198 g/mol. The predicted molar refractivity (Wildman–Crippen MR) is 53.1 cm³/mol.